The summed E-state index contributed by atoms with van der Waals surface area (Å²) in [7, 11) is 0. The van der Waals surface area contributed by atoms with Crippen molar-refractivity contribution in [1.82, 2.24) is 0 Å². The van der Waals surface area contributed by atoms with Crippen LogP contribution in [-0.2, 0) is 4.79 Å². The fourth-order valence-corrected chi connectivity index (χ4v) is 2.31. The van der Waals surface area contributed by atoms with Crippen LogP contribution in [0.2, 0.25) is 5.02 Å². The van der Waals surface area contributed by atoms with E-state index in [1.807, 2.05) is 0 Å². The second-order valence-electron chi connectivity index (χ2n) is 3.49. The maximum Gasteiger partial charge on any atom is 0.312 e. The Kier molecular flexibility index (Phi) is 3.45. The number of phenolic OH excluding ortho intramolecular Hbond substituents is 1. The molecule has 0 saturated carbocycles. The number of hydrogen-bond acceptors (Lipinski definition) is 6. The standard InChI is InChI=1S/C10H6ClN3O4S/c11-5-1-4(8(15)6(3-5)14(17)18)2-7-9(16)13-10(12)19-7/h1-3,15H,(H2,12,13,16). The van der Waals surface area contributed by atoms with Crippen LogP contribution in [0, 0.1) is 10.1 Å². The summed E-state index contributed by atoms with van der Waals surface area (Å²) in [4.78, 5) is 25.0. The molecule has 19 heavy (non-hydrogen) atoms. The van der Waals surface area contributed by atoms with Crippen LogP contribution in [-0.4, -0.2) is 21.1 Å². The number of nitrogens with zero attached hydrogens (tertiary/aromatic N) is 2. The molecule has 98 valence electrons. The van der Waals surface area contributed by atoms with Gasteiger partial charge in [0.15, 0.2) is 5.17 Å². The lowest BCUT2D eigenvalue weighted by molar-refractivity contribution is -0.385. The Morgan fingerprint density at radius 1 is 1.53 bits per heavy atom. The van der Waals surface area contributed by atoms with Crippen molar-refractivity contribution in [3.63, 3.8) is 0 Å². The number of benzene rings is 1. The summed E-state index contributed by atoms with van der Waals surface area (Å²) in [5, 5.41) is 20.6. The average Bonchev–Trinajstić information content (AvgIpc) is 2.61. The van der Waals surface area contributed by atoms with E-state index in [0.29, 0.717) is 0 Å². The van der Waals surface area contributed by atoms with E-state index in [1.54, 1.807) is 0 Å². The molecule has 0 bridgehead atoms. The molecule has 9 heteroatoms. The van der Waals surface area contributed by atoms with Crippen LogP contribution < -0.4 is 5.73 Å². The number of carbonyl (C=O) groups excluding carboxylic acids is 1. The quantitative estimate of drug-likeness (QED) is 0.489. The van der Waals surface area contributed by atoms with E-state index >= 15 is 0 Å². The lowest BCUT2D eigenvalue weighted by Gasteiger charge is -2.02. The third kappa shape index (κ3) is 2.69. The molecule has 7 nitrogen and oxygen atoms in total. The lowest BCUT2D eigenvalue weighted by atomic mass is 10.1. The third-order valence-electron chi connectivity index (χ3n) is 2.20. The van der Waals surface area contributed by atoms with Crippen molar-refractivity contribution in [2.45, 2.75) is 0 Å². The molecule has 0 radical (unpaired) electrons. The molecule has 1 aliphatic heterocycles. The van der Waals surface area contributed by atoms with Gasteiger partial charge in [0, 0.05) is 16.7 Å². The van der Waals surface area contributed by atoms with Gasteiger partial charge in [0.2, 0.25) is 5.75 Å². The Bertz CT molecular complexity index is 656. The SMILES string of the molecule is NC1=NC(=O)C(=Cc2cc(Cl)cc([N+](=O)[O-])c2O)S1. The number of rotatable bonds is 2. The highest BCUT2D eigenvalue weighted by molar-refractivity contribution is 8.18. The third-order valence-corrected chi connectivity index (χ3v) is 3.24. The number of nitrogens with two attached hydrogens (primary N) is 1. The van der Waals surface area contributed by atoms with Crippen LogP contribution >= 0.6 is 23.4 Å². The molecule has 0 fully saturated rings. The van der Waals surface area contributed by atoms with Gasteiger partial charge in [-0.05, 0) is 23.9 Å². The smallest absolute Gasteiger partial charge is 0.312 e. The van der Waals surface area contributed by atoms with Crippen LogP contribution in [0.4, 0.5) is 5.69 Å². The van der Waals surface area contributed by atoms with Crippen molar-refractivity contribution in [3.05, 3.63) is 37.7 Å². The van der Waals surface area contributed by atoms with Gasteiger partial charge in [-0.3, -0.25) is 14.9 Å². The van der Waals surface area contributed by atoms with Crippen molar-refractivity contribution in [1.29, 1.82) is 0 Å². The first-order valence-corrected chi connectivity index (χ1v) is 6.03. The average molecular weight is 300 g/mol. The zero-order valence-electron chi connectivity index (χ0n) is 9.16. The van der Waals surface area contributed by atoms with Crippen LogP contribution in [0.25, 0.3) is 6.08 Å². The fourth-order valence-electron chi connectivity index (χ4n) is 1.42. The van der Waals surface area contributed by atoms with E-state index in [-0.39, 0.29) is 20.7 Å². The topological polar surface area (TPSA) is 119 Å². The van der Waals surface area contributed by atoms with Gasteiger partial charge >= 0.3 is 5.69 Å². The van der Waals surface area contributed by atoms with Crippen LogP contribution in [0.3, 0.4) is 0 Å². The van der Waals surface area contributed by atoms with Gasteiger partial charge < -0.3 is 10.8 Å². The second kappa shape index (κ2) is 4.90. The number of amides is 1. The Morgan fingerprint density at radius 3 is 2.74 bits per heavy atom. The summed E-state index contributed by atoms with van der Waals surface area (Å²) in [6.45, 7) is 0. The largest absolute Gasteiger partial charge is 0.502 e. The van der Waals surface area contributed by atoms with E-state index in [4.69, 9.17) is 17.3 Å². The zero-order chi connectivity index (χ0) is 14.2. The van der Waals surface area contributed by atoms with Crippen LogP contribution in [0.1, 0.15) is 5.56 Å². The number of carbonyl (C=O) groups is 1. The number of aliphatic imine (C=N–C) groups is 1. The number of nitro benzene ring substituents is 1. The zero-order valence-corrected chi connectivity index (χ0v) is 10.7. The highest BCUT2D eigenvalue weighted by atomic mass is 35.5. The molecule has 0 saturated heterocycles. The molecule has 2 rings (SSSR count). The number of aromatic hydroxyl groups is 1. The van der Waals surface area contributed by atoms with Gasteiger partial charge in [-0.1, -0.05) is 11.6 Å². The molecule has 0 aromatic heterocycles. The number of hydrogen-bond donors (Lipinski definition) is 2. The summed E-state index contributed by atoms with van der Waals surface area (Å²) in [5.41, 5.74) is 4.89. The predicted octanol–water partition coefficient (Wildman–Crippen LogP) is 1.88. The minimum absolute atomic E-state index is 0.0555. The maximum atomic E-state index is 11.4. The molecule has 1 aromatic rings. The molecule has 1 amide bonds. The first kappa shape index (κ1) is 13.4. The van der Waals surface area contributed by atoms with Gasteiger partial charge in [-0.2, -0.15) is 4.99 Å². The van der Waals surface area contributed by atoms with E-state index in [1.165, 1.54) is 12.1 Å². The van der Waals surface area contributed by atoms with E-state index in [2.05, 4.69) is 4.99 Å². The second-order valence-corrected chi connectivity index (χ2v) is 4.98. The summed E-state index contributed by atoms with van der Waals surface area (Å²) in [6, 6.07) is 2.33. The Hall–Kier alpha value is -2.06. The van der Waals surface area contributed by atoms with Crippen molar-refractivity contribution in [2.75, 3.05) is 0 Å². The number of halogens is 1. The van der Waals surface area contributed by atoms with Crippen LogP contribution in [0.5, 0.6) is 5.75 Å². The Labute approximate surface area is 115 Å². The molecule has 0 aliphatic carbocycles. The number of phenols is 1. The lowest BCUT2D eigenvalue weighted by Crippen LogP contribution is -2.01. The van der Waals surface area contributed by atoms with Crippen molar-refractivity contribution >= 4 is 46.2 Å². The van der Waals surface area contributed by atoms with Gasteiger partial charge in [-0.15, -0.1) is 0 Å². The maximum absolute atomic E-state index is 11.4. The summed E-state index contributed by atoms with van der Waals surface area (Å²) >= 11 is 6.64. The minimum atomic E-state index is -0.766. The van der Waals surface area contributed by atoms with Gasteiger partial charge in [0.1, 0.15) is 0 Å². The monoisotopic (exact) mass is 299 g/mol. The first-order chi connectivity index (χ1) is 8.88. The molecule has 0 atom stereocenters. The van der Waals surface area contributed by atoms with Crippen LogP contribution in [0.15, 0.2) is 22.0 Å². The van der Waals surface area contributed by atoms with Crippen molar-refractivity contribution in [2.24, 2.45) is 10.7 Å². The molecular formula is C10H6ClN3O4S. The van der Waals surface area contributed by atoms with Gasteiger partial charge in [0.05, 0.1) is 9.83 Å². The summed E-state index contributed by atoms with van der Waals surface area (Å²) in [5.74, 6) is -1.13. The summed E-state index contributed by atoms with van der Waals surface area (Å²) in [6.07, 6.45) is 1.25. The van der Waals surface area contributed by atoms with E-state index in [9.17, 15) is 20.0 Å². The Balaban J connectivity index is 2.50. The Morgan fingerprint density at radius 2 is 2.21 bits per heavy atom. The number of thioether (sulfide) groups is 1. The number of nitro groups is 1. The fraction of sp³-hybridized carbons (Fsp3) is 0. The molecule has 1 aromatic carbocycles. The van der Waals surface area contributed by atoms with Crippen molar-refractivity contribution in [3.8, 4) is 5.75 Å². The molecule has 0 spiro atoms. The summed E-state index contributed by atoms with van der Waals surface area (Å²) < 4.78 is 0. The molecule has 0 unspecified atom stereocenters. The highest BCUT2D eigenvalue weighted by Crippen LogP contribution is 2.36. The van der Waals surface area contributed by atoms with E-state index < -0.39 is 22.3 Å². The minimum Gasteiger partial charge on any atom is -0.502 e. The molecule has 3 N–H and O–H groups in total. The van der Waals surface area contributed by atoms with Gasteiger partial charge in [0.25, 0.3) is 5.91 Å². The molecule has 1 heterocycles. The first-order valence-electron chi connectivity index (χ1n) is 4.83. The normalized spacial score (nSPS) is 16.8. The number of amidine groups is 1. The van der Waals surface area contributed by atoms with Crippen molar-refractivity contribution < 1.29 is 14.8 Å². The van der Waals surface area contributed by atoms with E-state index in [0.717, 1.165) is 17.8 Å². The highest BCUT2D eigenvalue weighted by Gasteiger charge is 2.22. The predicted molar refractivity (Wildman–Crippen MR) is 72.0 cm³/mol. The molecule has 1 aliphatic rings. The van der Waals surface area contributed by atoms with Gasteiger partial charge in [-0.25, -0.2) is 0 Å². The molecular weight excluding hydrogens is 294 g/mol.